The molecule has 0 radical (unpaired) electrons. The maximum absolute atomic E-state index is 16.4. The number of alkyl halides is 5. The zero-order valence-corrected chi connectivity index (χ0v) is 27.8. The maximum atomic E-state index is 16.4. The van der Waals surface area contributed by atoms with Gasteiger partial charge >= 0.3 is 18.1 Å². The van der Waals surface area contributed by atoms with E-state index in [0.717, 1.165) is 37.8 Å². The van der Waals surface area contributed by atoms with Crippen LogP contribution in [0, 0.1) is 0 Å². The number of nitrogens with one attached hydrogen (secondary N) is 1. The Kier molecular flexibility index (Phi) is 9.91. The Hall–Kier alpha value is -3.78. The second-order valence-electron chi connectivity index (χ2n) is 13.0. The maximum Gasteiger partial charge on any atom is 0.490 e. The van der Waals surface area contributed by atoms with Gasteiger partial charge in [0.15, 0.2) is 6.04 Å². The quantitative estimate of drug-likeness (QED) is 0.183. The number of nitrogens with zero attached hydrogens (tertiary/aromatic N) is 1. The monoisotopic (exact) mass is 751 g/mol. The zero-order chi connectivity index (χ0) is 35.1. The van der Waals surface area contributed by atoms with Crippen molar-refractivity contribution in [3.63, 3.8) is 0 Å². The van der Waals surface area contributed by atoms with E-state index < -0.39 is 59.7 Å². The topological polar surface area (TPSA) is 111 Å². The number of carbonyl (C=O) groups excluding carboxylic acids is 3. The number of amides is 2. The third kappa shape index (κ3) is 7.54. The van der Waals surface area contributed by atoms with Gasteiger partial charge in [-0.1, -0.05) is 46.3 Å². The molecule has 3 aliphatic rings. The van der Waals surface area contributed by atoms with Gasteiger partial charge in [0.2, 0.25) is 6.10 Å². The molecule has 6 rings (SSSR count). The number of halogens is 6. The molecule has 2 heterocycles. The molecule has 262 valence electrons. The van der Waals surface area contributed by atoms with Crippen LogP contribution in [-0.4, -0.2) is 59.1 Å². The molecule has 1 aliphatic carbocycles. The van der Waals surface area contributed by atoms with Crippen molar-refractivity contribution in [1.82, 2.24) is 10.2 Å². The van der Waals surface area contributed by atoms with Gasteiger partial charge in [-0.3, -0.25) is 9.59 Å². The average Bonchev–Trinajstić information content (AvgIpc) is 3.66. The smallest absolute Gasteiger partial charge is 0.490 e. The van der Waals surface area contributed by atoms with Crippen molar-refractivity contribution in [2.24, 2.45) is 5.73 Å². The van der Waals surface area contributed by atoms with Crippen molar-refractivity contribution in [1.29, 1.82) is 0 Å². The van der Waals surface area contributed by atoms with E-state index in [9.17, 15) is 27.6 Å². The molecule has 49 heavy (non-hydrogen) atoms. The van der Waals surface area contributed by atoms with Gasteiger partial charge in [0.05, 0.1) is 6.10 Å². The highest BCUT2D eigenvalue weighted by Crippen LogP contribution is 2.40. The van der Waals surface area contributed by atoms with Gasteiger partial charge in [0.1, 0.15) is 5.75 Å². The van der Waals surface area contributed by atoms with Gasteiger partial charge in [-0.25, -0.2) is 4.79 Å². The zero-order valence-electron chi connectivity index (χ0n) is 26.2. The first-order valence-electron chi connectivity index (χ1n) is 16.2. The lowest BCUT2D eigenvalue weighted by Gasteiger charge is -2.41. The molecule has 3 aromatic rings. The van der Waals surface area contributed by atoms with Crippen LogP contribution < -0.4 is 15.8 Å². The molecule has 1 saturated carbocycles. The highest BCUT2D eigenvalue weighted by Gasteiger charge is 2.54. The Bertz CT molecular complexity index is 1700. The highest BCUT2D eigenvalue weighted by atomic mass is 79.9. The summed E-state index contributed by atoms with van der Waals surface area (Å²) in [5.74, 6) is -8.75. The summed E-state index contributed by atoms with van der Waals surface area (Å²) in [4.78, 5) is 41.3. The van der Waals surface area contributed by atoms with E-state index in [1.54, 1.807) is 18.2 Å². The lowest BCUT2D eigenvalue weighted by atomic mass is 9.94. The number of piperidine rings is 1. The Balaban J connectivity index is 1.34. The van der Waals surface area contributed by atoms with Crippen LogP contribution in [0.15, 0.2) is 65.1 Å². The van der Waals surface area contributed by atoms with Gasteiger partial charge in [-0.05, 0) is 92.5 Å². The van der Waals surface area contributed by atoms with E-state index in [2.05, 4.69) is 20.7 Å². The fourth-order valence-electron chi connectivity index (χ4n) is 7.22. The third-order valence-electron chi connectivity index (χ3n) is 9.59. The van der Waals surface area contributed by atoms with Crippen LogP contribution in [-0.2, 0) is 25.0 Å². The number of rotatable bonds is 9. The minimum absolute atomic E-state index is 0.0784. The van der Waals surface area contributed by atoms with Crippen LogP contribution in [0.2, 0.25) is 0 Å². The first kappa shape index (κ1) is 35.1. The van der Waals surface area contributed by atoms with Crippen molar-refractivity contribution in [2.75, 3.05) is 0 Å². The largest absolute Gasteiger partial charge is 0.490 e. The first-order valence-corrected chi connectivity index (χ1v) is 17.0. The van der Waals surface area contributed by atoms with Crippen molar-refractivity contribution < 1.29 is 45.8 Å². The fourth-order valence-corrected chi connectivity index (χ4v) is 7.48. The molecular formula is C35H35BrF5N3O5. The summed E-state index contributed by atoms with van der Waals surface area (Å²) >= 11 is 3.19. The molecule has 3 aromatic carbocycles. The first-order chi connectivity index (χ1) is 23.2. The molecule has 0 aromatic heterocycles. The number of hydrogen-bond acceptors (Lipinski definition) is 6. The number of carbonyl (C=O) groups is 3. The molecule has 2 unspecified atom stereocenters. The number of ether oxygens (including phenoxy) is 2. The van der Waals surface area contributed by atoms with Crippen molar-refractivity contribution in [3.05, 3.63) is 76.3 Å². The summed E-state index contributed by atoms with van der Waals surface area (Å²) in [5.41, 5.74) is 5.30. The minimum Gasteiger partial charge on any atom is -0.490 e. The molecule has 4 atom stereocenters. The predicted octanol–water partition coefficient (Wildman–Crippen LogP) is 6.83. The Morgan fingerprint density at radius 2 is 1.47 bits per heavy atom. The Morgan fingerprint density at radius 3 is 2.10 bits per heavy atom. The summed E-state index contributed by atoms with van der Waals surface area (Å²) in [6, 6.07) is 10.3. The lowest BCUT2D eigenvalue weighted by Crippen LogP contribution is -2.61. The van der Waals surface area contributed by atoms with Crippen LogP contribution in [0.4, 0.5) is 22.0 Å². The number of fused-ring (bicyclic) bond motifs is 3. The van der Waals surface area contributed by atoms with E-state index in [1.807, 2.05) is 5.32 Å². The molecular weight excluding hydrogens is 717 g/mol. The summed E-state index contributed by atoms with van der Waals surface area (Å²) < 4.78 is 84.2. The van der Waals surface area contributed by atoms with Crippen LogP contribution in [0.1, 0.15) is 68.6 Å². The normalized spacial score (nSPS) is 22.5. The second kappa shape index (κ2) is 13.9. The van der Waals surface area contributed by atoms with Gasteiger partial charge in [-0.2, -0.15) is 22.0 Å². The molecule has 2 aliphatic heterocycles. The summed E-state index contributed by atoms with van der Waals surface area (Å²) in [5, 5.41) is 3.10. The van der Waals surface area contributed by atoms with E-state index >= 15 is 8.78 Å². The number of nitrogens with two attached hydrogens (primary N) is 1. The van der Waals surface area contributed by atoms with Crippen LogP contribution in [0.5, 0.6) is 5.75 Å². The summed E-state index contributed by atoms with van der Waals surface area (Å²) in [7, 11) is 0. The fraction of sp³-hybridized carbons (Fsp3) is 0.457. The van der Waals surface area contributed by atoms with E-state index in [0.29, 0.717) is 46.7 Å². The van der Waals surface area contributed by atoms with Crippen molar-refractivity contribution in [3.8, 4) is 5.75 Å². The molecule has 2 amide bonds. The van der Waals surface area contributed by atoms with Crippen molar-refractivity contribution in [2.45, 2.75) is 99.8 Å². The summed E-state index contributed by atoms with van der Waals surface area (Å²) in [6.45, 7) is 0. The standard InChI is InChI=1S/C35H35BrF5N3O5/c36-23-10-8-22(9-11-23)34(37,38)30(32(46)44-25-12-13-26(44)18-24(42)17-25)43-31(45)29(49-33(47)35(39,40)41)21-6-5-20-16-28(14-7-19(20)15-21)48-27-3-1-2-4-27/h5-11,14-16,24-27,29-30H,1-4,12-13,17-18,42H2,(H,43,45)/t24?,25?,26?,29-,30+/m1/s1. The molecule has 0 spiro atoms. The molecule has 2 saturated heterocycles. The molecule has 3 N–H and O–H groups in total. The van der Waals surface area contributed by atoms with Gasteiger partial charge in [0.25, 0.3) is 11.8 Å². The second-order valence-corrected chi connectivity index (χ2v) is 13.9. The van der Waals surface area contributed by atoms with Crippen LogP contribution in [0.3, 0.4) is 0 Å². The molecule has 8 nitrogen and oxygen atoms in total. The number of benzene rings is 3. The third-order valence-corrected chi connectivity index (χ3v) is 10.1. The van der Waals surface area contributed by atoms with Crippen LogP contribution in [0.25, 0.3) is 10.8 Å². The minimum atomic E-state index is -5.50. The molecule has 14 heteroatoms. The Labute approximate surface area is 287 Å². The number of esters is 1. The highest BCUT2D eigenvalue weighted by molar-refractivity contribution is 9.10. The van der Waals surface area contributed by atoms with Gasteiger partial charge < -0.3 is 25.4 Å². The molecule has 3 fully saturated rings. The van der Waals surface area contributed by atoms with Gasteiger partial charge in [0, 0.05) is 33.7 Å². The van der Waals surface area contributed by atoms with E-state index in [1.165, 1.54) is 35.2 Å². The number of hydrogen-bond donors (Lipinski definition) is 2. The van der Waals surface area contributed by atoms with E-state index in [-0.39, 0.29) is 17.7 Å². The molecule has 2 bridgehead atoms. The van der Waals surface area contributed by atoms with Crippen LogP contribution >= 0.6 is 15.9 Å². The van der Waals surface area contributed by atoms with E-state index in [4.69, 9.17) is 10.5 Å². The lowest BCUT2D eigenvalue weighted by molar-refractivity contribution is -0.206. The van der Waals surface area contributed by atoms with Gasteiger partial charge in [-0.15, -0.1) is 0 Å². The summed E-state index contributed by atoms with van der Waals surface area (Å²) in [6.07, 6.45) is -1.94. The average molecular weight is 753 g/mol. The predicted molar refractivity (Wildman–Crippen MR) is 173 cm³/mol. The SMILES string of the molecule is NC1CC2CCC(C1)N2C(=O)[C@H](NC(=O)[C@H](OC(=O)C(F)(F)F)c1ccc2cc(OC3CCCC3)ccc2c1)C(F)(F)c1ccc(Br)cc1. The van der Waals surface area contributed by atoms with Crippen molar-refractivity contribution >= 4 is 44.5 Å². The Morgan fingerprint density at radius 1 is 0.857 bits per heavy atom.